The minimum absolute atomic E-state index is 0.0636. The highest BCUT2D eigenvalue weighted by molar-refractivity contribution is 7.46. The van der Waals surface area contributed by atoms with Crippen LogP contribution in [0.1, 0.15) is 129 Å². The number of carbonyl (C=O) groups excluding carboxylic acids is 2. The van der Waals surface area contributed by atoms with Crippen LogP contribution in [0.5, 0.6) is 0 Å². The van der Waals surface area contributed by atoms with E-state index in [1.54, 1.807) is 0 Å². The molecule has 8 nitrogen and oxygen atoms in total. The van der Waals surface area contributed by atoms with E-state index in [1.807, 2.05) is 24.3 Å². The molecule has 1 atom stereocenters. The van der Waals surface area contributed by atoms with Crippen molar-refractivity contribution in [2.45, 2.75) is 136 Å². The van der Waals surface area contributed by atoms with Crippen LogP contribution in [0.4, 0.5) is 0 Å². The summed E-state index contributed by atoms with van der Waals surface area (Å²) in [7, 11) is -4.80. The summed E-state index contributed by atoms with van der Waals surface area (Å²) in [5.41, 5.74) is 0. The molecule has 0 bridgehead atoms. The molecule has 0 unspecified atom stereocenters. The maximum atomic E-state index is 12.4. The van der Waals surface area contributed by atoms with Gasteiger partial charge in [-0.1, -0.05) is 160 Å². The van der Waals surface area contributed by atoms with Crippen molar-refractivity contribution >= 4 is 19.8 Å². The van der Waals surface area contributed by atoms with E-state index in [1.165, 1.54) is 25.7 Å². The first-order chi connectivity index (χ1) is 27.3. The summed E-state index contributed by atoms with van der Waals surface area (Å²) in [4.78, 5) is 42.8. The van der Waals surface area contributed by atoms with Crippen molar-refractivity contribution in [3.05, 3.63) is 134 Å². The molecule has 0 fully saturated rings. The number of rotatable bonds is 35. The molecule has 0 radical (unpaired) electrons. The Morgan fingerprint density at radius 2 is 0.839 bits per heavy atom. The summed E-state index contributed by atoms with van der Waals surface area (Å²) in [6.45, 7) is 3.39. The van der Waals surface area contributed by atoms with Gasteiger partial charge in [-0.2, -0.15) is 0 Å². The smallest absolute Gasteiger partial charge is 0.462 e. The van der Waals surface area contributed by atoms with Gasteiger partial charge in [0, 0.05) is 12.8 Å². The number of carbonyl (C=O) groups is 2. The lowest BCUT2D eigenvalue weighted by Gasteiger charge is -2.18. The molecule has 0 saturated carbocycles. The lowest BCUT2D eigenvalue weighted by Crippen LogP contribution is -2.29. The fourth-order valence-corrected chi connectivity index (χ4v) is 5.03. The molecule has 0 aromatic heterocycles. The highest BCUT2D eigenvalue weighted by Crippen LogP contribution is 2.35. The number of unbranched alkanes of at least 4 members (excludes halogenated alkanes) is 3. The molecule has 0 aliphatic carbocycles. The summed E-state index contributed by atoms with van der Waals surface area (Å²) < 4.78 is 26.2. The summed E-state index contributed by atoms with van der Waals surface area (Å²) >= 11 is 0. The third-order valence-electron chi connectivity index (χ3n) is 7.68. The molecule has 0 aromatic carbocycles. The normalized spacial score (nSPS) is 13.9. The zero-order valence-electron chi connectivity index (χ0n) is 34.2. The lowest BCUT2D eigenvalue weighted by atomic mass is 10.2. The lowest BCUT2D eigenvalue weighted by molar-refractivity contribution is -0.161. The minimum atomic E-state index is -4.80. The summed E-state index contributed by atoms with van der Waals surface area (Å²) in [5.74, 6) is -1.10. The summed E-state index contributed by atoms with van der Waals surface area (Å²) in [5, 5.41) is 0. The average Bonchev–Trinajstić information content (AvgIpc) is 3.17. The van der Waals surface area contributed by atoms with Crippen molar-refractivity contribution in [2.24, 2.45) is 0 Å². The van der Waals surface area contributed by atoms with Crippen molar-refractivity contribution in [3.63, 3.8) is 0 Å². The van der Waals surface area contributed by atoms with Gasteiger partial charge in [-0.3, -0.25) is 14.1 Å². The first-order valence-corrected chi connectivity index (χ1v) is 22.0. The van der Waals surface area contributed by atoms with Gasteiger partial charge in [0.25, 0.3) is 0 Å². The Morgan fingerprint density at radius 1 is 0.482 bits per heavy atom. The SMILES string of the molecule is CC/C=C\C/C=C\C/C=C\C/C=C\C/C=C\C/C=C\CCC(=O)OC[C@H](COP(=O)(O)O)OC(=O)CC/C=C\C/C=C\C/C=C\C/C=C\C/C=C\CCCCC. The number of hydrogen-bond donors (Lipinski definition) is 2. The van der Waals surface area contributed by atoms with Crippen LogP contribution in [-0.4, -0.2) is 41.0 Å². The van der Waals surface area contributed by atoms with Crippen molar-refractivity contribution < 1.29 is 37.9 Å². The molecule has 0 saturated heterocycles. The number of esters is 2. The molecule has 0 aliphatic heterocycles. The van der Waals surface area contributed by atoms with E-state index < -0.39 is 32.5 Å². The Hall–Kier alpha value is -3.81. The van der Waals surface area contributed by atoms with Crippen molar-refractivity contribution in [1.82, 2.24) is 0 Å². The molecule has 9 heteroatoms. The summed E-state index contributed by atoms with van der Waals surface area (Å²) in [6, 6.07) is 0. The van der Waals surface area contributed by atoms with Gasteiger partial charge in [0.2, 0.25) is 0 Å². The number of hydrogen-bond acceptors (Lipinski definition) is 6. The zero-order valence-corrected chi connectivity index (χ0v) is 35.1. The first-order valence-electron chi connectivity index (χ1n) is 20.5. The Balaban J connectivity index is 4.22. The monoisotopic (exact) mass is 794 g/mol. The Bertz CT molecular complexity index is 1350. The van der Waals surface area contributed by atoms with E-state index in [4.69, 9.17) is 19.3 Å². The van der Waals surface area contributed by atoms with Crippen molar-refractivity contribution in [3.8, 4) is 0 Å². The highest BCUT2D eigenvalue weighted by atomic mass is 31.2. The molecular weight excluding hydrogens is 723 g/mol. The van der Waals surface area contributed by atoms with E-state index in [-0.39, 0.29) is 19.4 Å². The average molecular weight is 795 g/mol. The summed E-state index contributed by atoms with van der Waals surface area (Å²) in [6.07, 6.45) is 60.5. The Labute approximate surface area is 339 Å². The van der Waals surface area contributed by atoms with Gasteiger partial charge in [-0.05, 0) is 89.9 Å². The maximum absolute atomic E-state index is 12.4. The van der Waals surface area contributed by atoms with Gasteiger partial charge in [0.05, 0.1) is 6.61 Å². The van der Waals surface area contributed by atoms with Gasteiger partial charge < -0.3 is 19.3 Å². The predicted octanol–water partition coefficient (Wildman–Crippen LogP) is 12.7. The van der Waals surface area contributed by atoms with Crippen LogP contribution in [0.15, 0.2) is 134 Å². The van der Waals surface area contributed by atoms with E-state index in [0.29, 0.717) is 12.8 Å². The van der Waals surface area contributed by atoms with Crippen molar-refractivity contribution in [2.75, 3.05) is 13.2 Å². The molecular formula is C47H71O8P. The molecule has 0 amide bonds. The van der Waals surface area contributed by atoms with Gasteiger partial charge in [0.1, 0.15) is 6.61 Å². The van der Waals surface area contributed by atoms with Crippen molar-refractivity contribution in [1.29, 1.82) is 0 Å². The first kappa shape index (κ1) is 52.2. The van der Waals surface area contributed by atoms with Crippen LogP contribution < -0.4 is 0 Å². The van der Waals surface area contributed by atoms with Crippen LogP contribution in [0.3, 0.4) is 0 Å². The number of phosphoric ester groups is 1. The maximum Gasteiger partial charge on any atom is 0.469 e. The Morgan fingerprint density at radius 3 is 1.21 bits per heavy atom. The number of allylic oxidation sites excluding steroid dienone is 22. The molecule has 312 valence electrons. The molecule has 0 spiro atoms. The highest BCUT2D eigenvalue weighted by Gasteiger charge is 2.22. The van der Waals surface area contributed by atoms with E-state index >= 15 is 0 Å². The predicted molar refractivity (Wildman–Crippen MR) is 234 cm³/mol. The third kappa shape index (κ3) is 42.9. The molecule has 0 rings (SSSR count). The standard InChI is InChI=1S/C47H71O8P/c1-3-5-7-9-11-13-15-17-19-21-23-25-27-29-31-33-35-37-39-41-46(48)53-43-45(44-54-56(50,51)52)55-47(49)42-40-38-36-34-32-30-28-26-24-22-20-18-16-14-12-10-8-6-4-2/h5,7,11-14,17-20,23-26,29-32,35-38,45H,3-4,6,8-10,15-16,21-22,27-28,33-34,39-44H2,1-2H3,(H2,50,51,52)/b7-5-,13-11-,14-12-,19-17-,20-18-,25-23-,26-24-,31-29-,32-30-,37-35-,38-36-/t45-/m1/s1. The van der Waals surface area contributed by atoms with E-state index in [9.17, 15) is 14.2 Å². The largest absolute Gasteiger partial charge is 0.469 e. The second-order valence-electron chi connectivity index (χ2n) is 12.9. The Kier molecular flexibility index (Phi) is 38.1. The zero-order chi connectivity index (χ0) is 41.1. The minimum Gasteiger partial charge on any atom is -0.462 e. The quantitative estimate of drug-likeness (QED) is 0.0282. The van der Waals surface area contributed by atoms with Crippen LogP contribution in [0, 0.1) is 0 Å². The second kappa shape index (κ2) is 40.8. The van der Waals surface area contributed by atoms with Gasteiger partial charge in [0.15, 0.2) is 6.10 Å². The molecule has 2 N–H and O–H groups in total. The van der Waals surface area contributed by atoms with Crippen LogP contribution in [0.2, 0.25) is 0 Å². The van der Waals surface area contributed by atoms with Gasteiger partial charge in [-0.15, -0.1) is 0 Å². The topological polar surface area (TPSA) is 119 Å². The van der Waals surface area contributed by atoms with E-state index in [0.717, 1.165) is 64.2 Å². The molecule has 0 aliphatic rings. The number of phosphoric acid groups is 1. The third-order valence-corrected chi connectivity index (χ3v) is 8.17. The van der Waals surface area contributed by atoms with Crippen LogP contribution in [-0.2, 0) is 28.2 Å². The van der Waals surface area contributed by atoms with E-state index in [2.05, 4.69) is 128 Å². The van der Waals surface area contributed by atoms with Crippen LogP contribution in [0.25, 0.3) is 0 Å². The second-order valence-corrected chi connectivity index (χ2v) is 14.1. The fraction of sp³-hybridized carbons (Fsp3) is 0.489. The molecule has 0 heterocycles. The van der Waals surface area contributed by atoms with Gasteiger partial charge >= 0.3 is 19.8 Å². The van der Waals surface area contributed by atoms with Gasteiger partial charge in [-0.25, -0.2) is 4.57 Å². The number of ether oxygens (including phenoxy) is 2. The fourth-order valence-electron chi connectivity index (χ4n) is 4.67. The molecule has 56 heavy (non-hydrogen) atoms. The van der Waals surface area contributed by atoms with Crippen LogP contribution >= 0.6 is 7.82 Å². The molecule has 0 aromatic rings.